The highest BCUT2D eigenvalue weighted by molar-refractivity contribution is 6.10. The molecule has 0 spiro atoms. The van der Waals surface area contributed by atoms with E-state index in [1.807, 2.05) is 60.7 Å². The number of hydrogen-bond donors (Lipinski definition) is 0. The van der Waals surface area contributed by atoms with Crippen molar-refractivity contribution in [3.63, 3.8) is 0 Å². The molecule has 0 amide bonds. The van der Waals surface area contributed by atoms with Crippen LogP contribution in [0.15, 0.2) is 66.7 Å². The summed E-state index contributed by atoms with van der Waals surface area (Å²) in [5, 5.41) is 0. The van der Waals surface area contributed by atoms with Gasteiger partial charge in [0, 0.05) is 5.92 Å². The molecule has 0 heterocycles. The van der Waals surface area contributed by atoms with Gasteiger partial charge in [0.25, 0.3) is 0 Å². The van der Waals surface area contributed by atoms with E-state index in [1.54, 1.807) is 19.9 Å². The molecule has 1 aliphatic rings. The van der Waals surface area contributed by atoms with Gasteiger partial charge in [-0.2, -0.15) is 0 Å². The predicted octanol–water partition coefficient (Wildman–Crippen LogP) is 4.39. The lowest BCUT2D eigenvalue weighted by molar-refractivity contribution is -0.155. The number of benzene rings is 2. The minimum atomic E-state index is -0.780. The van der Waals surface area contributed by atoms with Gasteiger partial charge < -0.3 is 4.74 Å². The molecular formula is C22H22O3. The first kappa shape index (κ1) is 17.2. The zero-order chi connectivity index (χ0) is 17.8. The Balaban J connectivity index is 2.00. The lowest BCUT2D eigenvalue weighted by Crippen LogP contribution is -2.35. The number of carbonyl (C=O) groups is 2. The van der Waals surface area contributed by atoms with E-state index in [-0.39, 0.29) is 17.8 Å². The van der Waals surface area contributed by atoms with Crippen LogP contribution in [0.25, 0.3) is 5.57 Å². The molecule has 2 atom stereocenters. The monoisotopic (exact) mass is 334 g/mol. The lowest BCUT2D eigenvalue weighted by Gasteiger charge is -2.30. The van der Waals surface area contributed by atoms with Gasteiger partial charge in [-0.1, -0.05) is 60.7 Å². The number of esters is 1. The first-order chi connectivity index (χ1) is 12.1. The summed E-state index contributed by atoms with van der Waals surface area (Å²) in [5.74, 6) is -1.60. The van der Waals surface area contributed by atoms with Crippen LogP contribution in [-0.2, 0) is 14.3 Å². The minimum Gasteiger partial charge on any atom is -0.462 e. The van der Waals surface area contributed by atoms with Gasteiger partial charge in [0.15, 0.2) is 5.78 Å². The second kappa shape index (κ2) is 7.47. The molecule has 128 valence electrons. The van der Waals surface area contributed by atoms with Gasteiger partial charge in [0.2, 0.25) is 0 Å². The molecule has 3 rings (SSSR count). The molecule has 3 nitrogen and oxygen atoms in total. The molecule has 0 unspecified atom stereocenters. The molecule has 0 bridgehead atoms. The maximum absolute atomic E-state index is 12.8. The summed E-state index contributed by atoms with van der Waals surface area (Å²) in [4.78, 5) is 25.4. The molecule has 25 heavy (non-hydrogen) atoms. The third kappa shape index (κ3) is 3.87. The fraction of sp³-hybridized carbons (Fsp3) is 0.273. The third-order valence-electron chi connectivity index (χ3n) is 4.44. The van der Waals surface area contributed by atoms with Crippen LogP contribution < -0.4 is 0 Å². The van der Waals surface area contributed by atoms with Gasteiger partial charge in [0.05, 0.1) is 6.10 Å². The van der Waals surface area contributed by atoms with Crippen molar-refractivity contribution in [2.24, 2.45) is 5.92 Å². The van der Waals surface area contributed by atoms with E-state index in [0.717, 1.165) is 16.7 Å². The zero-order valence-corrected chi connectivity index (χ0v) is 14.5. The Morgan fingerprint density at radius 2 is 1.60 bits per heavy atom. The highest BCUT2D eigenvalue weighted by Crippen LogP contribution is 2.40. The SMILES string of the molecule is CC(C)OC(=O)[C@@H]1C(=O)C=C(c2ccccc2)C[C@H]1c1ccccc1. The van der Waals surface area contributed by atoms with Crippen LogP contribution >= 0.6 is 0 Å². The lowest BCUT2D eigenvalue weighted by atomic mass is 9.73. The largest absolute Gasteiger partial charge is 0.462 e. The van der Waals surface area contributed by atoms with Crippen molar-refractivity contribution in [3.05, 3.63) is 77.9 Å². The van der Waals surface area contributed by atoms with Crippen molar-refractivity contribution in [3.8, 4) is 0 Å². The first-order valence-corrected chi connectivity index (χ1v) is 8.61. The summed E-state index contributed by atoms with van der Waals surface area (Å²) in [5.41, 5.74) is 2.98. The molecule has 3 heteroatoms. The van der Waals surface area contributed by atoms with Gasteiger partial charge in [-0.25, -0.2) is 0 Å². The maximum Gasteiger partial charge on any atom is 0.317 e. The number of ether oxygens (including phenoxy) is 1. The Hall–Kier alpha value is -2.68. The minimum absolute atomic E-state index is 0.176. The van der Waals surface area contributed by atoms with Crippen molar-refractivity contribution in [2.75, 3.05) is 0 Å². The van der Waals surface area contributed by atoms with Gasteiger partial charge >= 0.3 is 5.97 Å². The first-order valence-electron chi connectivity index (χ1n) is 8.61. The van der Waals surface area contributed by atoms with Gasteiger partial charge in [0.1, 0.15) is 5.92 Å². The molecule has 2 aromatic rings. The van der Waals surface area contributed by atoms with Crippen molar-refractivity contribution >= 4 is 17.3 Å². The van der Waals surface area contributed by atoms with Gasteiger partial charge in [-0.3, -0.25) is 9.59 Å². The van der Waals surface area contributed by atoms with Crippen LogP contribution in [0.3, 0.4) is 0 Å². The van der Waals surface area contributed by atoms with Crippen LogP contribution in [0.4, 0.5) is 0 Å². The summed E-state index contributed by atoms with van der Waals surface area (Å²) in [6.07, 6.45) is 2.01. The van der Waals surface area contributed by atoms with Crippen molar-refractivity contribution in [1.82, 2.24) is 0 Å². The second-order valence-corrected chi connectivity index (χ2v) is 6.62. The molecule has 0 saturated carbocycles. The Labute approximate surface area is 148 Å². The van der Waals surface area contributed by atoms with E-state index in [2.05, 4.69) is 0 Å². The summed E-state index contributed by atoms with van der Waals surface area (Å²) in [7, 11) is 0. The molecule has 0 saturated heterocycles. The van der Waals surface area contributed by atoms with Gasteiger partial charge in [-0.05, 0) is 43.0 Å². The summed E-state index contributed by atoms with van der Waals surface area (Å²) < 4.78 is 5.36. The molecule has 2 aromatic carbocycles. The fourth-order valence-electron chi connectivity index (χ4n) is 3.32. The fourth-order valence-corrected chi connectivity index (χ4v) is 3.32. The molecule has 0 aliphatic heterocycles. The summed E-state index contributed by atoms with van der Waals surface area (Å²) >= 11 is 0. The van der Waals surface area contributed by atoms with Crippen LogP contribution in [0.2, 0.25) is 0 Å². The quantitative estimate of drug-likeness (QED) is 0.615. The van der Waals surface area contributed by atoms with Crippen LogP contribution in [0.5, 0.6) is 0 Å². The summed E-state index contributed by atoms with van der Waals surface area (Å²) in [6.45, 7) is 3.60. The average Bonchev–Trinajstić information content (AvgIpc) is 2.61. The molecule has 0 aromatic heterocycles. The Kier molecular flexibility index (Phi) is 5.13. The molecule has 1 aliphatic carbocycles. The smallest absolute Gasteiger partial charge is 0.317 e. The van der Waals surface area contributed by atoms with Crippen LogP contribution in [-0.4, -0.2) is 17.9 Å². The summed E-state index contributed by atoms with van der Waals surface area (Å²) in [6, 6.07) is 19.6. The molecule has 0 radical (unpaired) electrons. The van der Waals surface area contributed by atoms with E-state index in [0.29, 0.717) is 6.42 Å². The Morgan fingerprint density at radius 1 is 1.00 bits per heavy atom. The number of rotatable bonds is 4. The van der Waals surface area contributed by atoms with Gasteiger partial charge in [-0.15, -0.1) is 0 Å². The highest BCUT2D eigenvalue weighted by atomic mass is 16.5. The molecule has 0 N–H and O–H groups in total. The van der Waals surface area contributed by atoms with Crippen LogP contribution in [0.1, 0.15) is 37.3 Å². The Morgan fingerprint density at radius 3 is 2.20 bits per heavy atom. The third-order valence-corrected chi connectivity index (χ3v) is 4.44. The number of carbonyl (C=O) groups excluding carboxylic acids is 2. The average molecular weight is 334 g/mol. The van der Waals surface area contributed by atoms with Crippen molar-refractivity contribution < 1.29 is 14.3 Å². The standard InChI is InChI=1S/C22H22O3/c1-15(2)25-22(24)21-19(17-11-7-4-8-12-17)13-18(14-20(21)23)16-9-5-3-6-10-16/h3-12,14-15,19,21H,13H2,1-2H3/t19-,21-/m0/s1. The van der Waals surface area contributed by atoms with Crippen molar-refractivity contribution in [1.29, 1.82) is 0 Å². The zero-order valence-electron chi connectivity index (χ0n) is 14.5. The normalized spacial score (nSPS) is 20.3. The molecule has 0 fully saturated rings. The number of allylic oxidation sites excluding steroid dienone is 2. The molecular weight excluding hydrogens is 312 g/mol. The van der Waals surface area contributed by atoms with E-state index in [9.17, 15) is 9.59 Å². The predicted molar refractivity (Wildman–Crippen MR) is 97.9 cm³/mol. The van der Waals surface area contributed by atoms with Crippen molar-refractivity contribution in [2.45, 2.75) is 32.3 Å². The second-order valence-electron chi connectivity index (χ2n) is 6.62. The van der Waals surface area contributed by atoms with Crippen LogP contribution in [0, 0.1) is 5.92 Å². The highest BCUT2D eigenvalue weighted by Gasteiger charge is 2.40. The number of ketones is 1. The van der Waals surface area contributed by atoms with E-state index in [4.69, 9.17) is 4.74 Å². The topological polar surface area (TPSA) is 43.4 Å². The maximum atomic E-state index is 12.8. The van der Waals surface area contributed by atoms with E-state index >= 15 is 0 Å². The Bertz CT molecular complexity index is 775. The van der Waals surface area contributed by atoms with E-state index in [1.165, 1.54) is 0 Å². The number of hydrogen-bond acceptors (Lipinski definition) is 3. The van der Waals surface area contributed by atoms with E-state index < -0.39 is 11.9 Å².